The highest BCUT2D eigenvalue weighted by molar-refractivity contribution is 6.30. The first-order valence-electron chi connectivity index (χ1n) is 13.7. The van der Waals surface area contributed by atoms with Gasteiger partial charge in [-0.15, -0.1) is 0 Å². The number of halogens is 1. The van der Waals surface area contributed by atoms with Crippen molar-refractivity contribution in [1.29, 1.82) is 0 Å². The van der Waals surface area contributed by atoms with Crippen LogP contribution in [0, 0.1) is 5.92 Å². The number of nitrogens with one attached hydrogen (secondary N) is 1. The second-order valence-corrected chi connectivity index (χ2v) is 12.1. The Labute approximate surface area is 225 Å². The molecule has 1 aromatic rings. The fourth-order valence-corrected chi connectivity index (χ4v) is 6.64. The topological polar surface area (TPSA) is 48.0 Å². The SMILES string of the molecule is CC(C)(O)C1C=CC2=C(C1)/C(=C/CCN1CC[C@@H](N3Cc4ccc(Cl)cc4C3)C1)C1=CC=CNC1CO2. The number of allylic oxidation sites excluding steroid dienone is 4. The largest absolute Gasteiger partial charge is 0.491 e. The van der Waals surface area contributed by atoms with Crippen LogP contribution in [0.3, 0.4) is 0 Å². The number of likely N-dealkylation sites (tertiary alicyclic amines) is 1. The number of ether oxygens (including phenoxy) is 1. The van der Waals surface area contributed by atoms with Crippen molar-refractivity contribution in [2.24, 2.45) is 5.92 Å². The quantitative estimate of drug-likeness (QED) is 0.567. The summed E-state index contributed by atoms with van der Waals surface area (Å²) in [6.07, 6.45) is 15.9. The molecule has 4 aliphatic heterocycles. The molecule has 1 saturated heterocycles. The standard InChI is InChI=1S/C31H38ClN3O2/c1-31(2,36)23-8-10-30-28(16-23)26(27-5-3-12-33-29(27)20-37-30)6-4-13-34-14-11-25(19-34)35-17-21-7-9-24(32)15-22(21)18-35/h3,5-10,12,15,23,25,29,33,36H,4,11,13-14,16-20H2,1-2H3/b26-6+/t23?,25-,29?/m1/s1. The molecule has 2 unspecified atom stereocenters. The Hall–Kier alpha value is -2.31. The number of nitrogens with zero attached hydrogens (tertiary/aromatic N) is 2. The lowest BCUT2D eigenvalue weighted by atomic mass is 9.78. The molecule has 1 aromatic carbocycles. The van der Waals surface area contributed by atoms with Crippen LogP contribution >= 0.6 is 11.6 Å². The van der Waals surface area contributed by atoms with Crippen LogP contribution in [0.2, 0.25) is 5.02 Å². The van der Waals surface area contributed by atoms with Gasteiger partial charge in [-0.2, -0.15) is 0 Å². The molecular weight excluding hydrogens is 482 g/mol. The first-order chi connectivity index (χ1) is 17.8. The lowest BCUT2D eigenvalue weighted by Crippen LogP contribution is -2.34. The van der Waals surface area contributed by atoms with E-state index in [2.05, 4.69) is 57.6 Å². The van der Waals surface area contributed by atoms with Crippen LogP contribution in [0.25, 0.3) is 0 Å². The molecular formula is C31H38ClN3O2. The van der Waals surface area contributed by atoms with Crippen LogP contribution in [0.4, 0.5) is 0 Å². The zero-order valence-corrected chi connectivity index (χ0v) is 22.7. The van der Waals surface area contributed by atoms with Crippen molar-refractivity contribution in [2.75, 3.05) is 26.2 Å². The second-order valence-electron chi connectivity index (χ2n) is 11.6. The van der Waals surface area contributed by atoms with Gasteiger partial charge < -0.3 is 20.1 Å². The van der Waals surface area contributed by atoms with Gasteiger partial charge in [0.25, 0.3) is 0 Å². The summed E-state index contributed by atoms with van der Waals surface area (Å²) in [4.78, 5) is 5.24. The molecule has 5 aliphatic rings. The molecule has 196 valence electrons. The van der Waals surface area contributed by atoms with E-state index >= 15 is 0 Å². The predicted molar refractivity (Wildman–Crippen MR) is 149 cm³/mol. The lowest BCUT2D eigenvalue weighted by molar-refractivity contribution is 0.0358. The van der Waals surface area contributed by atoms with Gasteiger partial charge in [0.05, 0.1) is 11.6 Å². The zero-order chi connectivity index (χ0) is 25.6. The maximum absolute atomic E-state index is 10.7. The average Bonchev–Trinajstić information content (AvgIpc) is 3.48. The van der Waals surface area contributed by atoms with Gasteiger partial charge >= 0.3 is 0 Å². The highest BCUT2D eigenvalue weighted by Crippen LogP contribution is 2.40. The fraction of sp³-hybridized carbons (Fsp3) is 0.484. The van der Waals surface area contributed by atoms with E-state index in [0.717, 1.165) is 56.3 Å². The van der Waals surface area contributed by atoms with Gasteiger partial charge in [0, 0.05) is 48.7 Å². The summed E-state index contributed by atoms with van der Waals surface area (Å²) >= 11 is 6.23. The summed E-state index contributed by atoms with van der Waals surface area (Å²) in [5.41, 5.74) is 5.86. The minimum Gasteiger partial charge on any atom is -0.491 e. The third-order valence-electron chi connectivity index (χ3n) is 8.67. The normalized spacial score (nSPS) is 28.9. The number of fused-ring (bicyclic) bond motifs is 2. The van der Waals surface area contributed by atoms with Crippen molar-refractivity contribution in [3.63, 3.8) is 0 Å². The van der Waals surface area contributed by atoms with E-state index in [1.54, 1.807) is 0 Å². The smallest absolute Gasteiger partial charge is 0.122 e. The molecule has 6 heteroatoms. The molecule has 0 aromatic heterocycles. The Morgan fingerprint density at radius 2 is 2.11 bits per heavy atom. The van der Waals surface area contributed by atoms with Crippen LogP contribution in [0.15, 0.2) is 77.3 Å². The molecule has 1 fully saturated rings. The molecule has 0 radical (unpaired) electrons. The number of rotatable bonds is 5. The number of aliphatic hydroxyl groups is 1. The van der Waals surface area contributed by atoms with Gasteiger partial charge in [-0.1, -0.05) is 35.9 Å². The first kappa shape index (κ1) is 25.0. The van der Waals surface area contributed by atoms with Crippen LogP contribution in [-0.4, -0.2) is 58.8 Å². The molecule has 2 N–H and O–H groups in total. The molecule has 37 heavy (non-hydrogen) atoms. The Balaban J connectivity index is 1.14. The summed E-state index contributed by atoms with van der Waals surface area (Å²) in [6, 6.07) is 7.10. The molecule has 0 saturated carbocycles. The van der Waals surface area contributed by atoms with Crippen LogP contribution in [0.1, 0.15) is 44.2 Å². The Morgan fingerprint density at radius 1 is 1.24 bits per heavy atom. The number of dihydropyridines is 1. The molecule has 0 spiro atoms. The fourth-order valence-electron chi connectivity index (χ4n) is 6.44. The number of benzene rings is 1. The summed E-state index contributed by atoms with van der Waals surface area (Å²) in [7, 11) is 0. The summed E-state index contributed by atoms with van der Waals surface area (Å²) in [5, 5.41) is 15.1. The van der Waals surface area contributed by atoms with Crippen LogP contribution in [-0.2, 0) is 17.8 Å². The van der Waals surface area contributed by atoms with E-state index in [1.807, 2.05) is 26.1 Å². The van der Waals surface area contributed by atoms with E-state index in [9.17, 15) is 5.11 Å². The van der Waals surface area contributed by atoms with Crippen molar-refractivity contribution >= 4 is 11.6 Å². The summed E-state index contributed by atoms with van der Waals surface area (Å²) in [6.45, 7) is 9.80. The molecule has 0 bridgehead atoms. The third kappa shape index (κ3) is 5.20. The highest BCUT2D eigenvalue weighted by Gasteiger charge is 2.35. The van der Waals surface area contributed by atoms with E-state index in [1.165, 1.54) is 34.3 Å². The van der Waals surface area contributed by atoms with E-state index in [0.29, 0.717) is 12.6 Å². The maximum atomic E-state index is 10.7. The lowest BCUT2D eigenvalue weighted by Gasteiger charge is -2.31. The molecule has 0 amide bonds. The van der Waals surface area contributed by atoms with E-state index < -0.39 is 5.60 Å². The van der Waals surface area contributed by atoms with E-state index in [4.69, 9.17) is 16.3 Å². The van der Waals surface area contributed by atoms with Crippen molar-refractivity contribution in [1.82, 2.24) is 15.1 Å². The minimum atomic E-state index is -0.768. The average molecular weight is 520 g/mol. The van der Waals surface area contributed by atoms with E-state index in [-0.39, 0.29) is 12.0 Å². The van der Waals surface area contributed by atoms with Gasteiger partial charge in [-0.05, 0) is 92.4 Å². The number of hydrogen-bond acceptors (Lipinski definition) is 5. The van der Waals surface area contributed by atoms with Gasteiger partial charge in [-0.3, -0.25) is 4.90 Å². The van der Waals surface area contributed by atoms with Crippen LogP contribution < -0.4 is 5.32 Å². The third-order valence-corrected chi connectivity index (χ3v) is 8.90. The van der Waals surface area contributed by atoms with Crippen molar-refractivity contribution in [3.8, 4) is 0 Å². The zero-order valence-electron chi connectivity index (χ0n) is 21.9. The Kier molecular flexibility index (Phi) is 6.83. The van der Waals surface area contributed by atoms with Crippen LogP contribution in [0.5, 0.6) is 0 Å². The first-order valence-corrected chi connectivity index (χ1v) is 14.1. The monoisotopic (exact) mass is 519 g/mol. The summed E-state index contributed by atoms with van der Waals surface area (Å²) in [5.74, 6) is 1.03. The molecule has 6 rings (SSSR count). The van der Waals surface area contributed by atoms with Crippen molar-refractivity contribution in [2.45, 2.75) is 63.9 Å². The van der Waals surface area contributed by atoms with Crippen molar-refractivity contribution in [3.05, 3.63) is 93.4 Å². The Morgan fingerprint density at radius 3 is 2.97 bits per heavy atom. The van der Waals surface area contributed by atoms with Crippen molar-refractivity contribution < 1.29 is 9.84 Å². The van der Waals surface area contributed by atoms with Gasteiger partial charge in [0.2, 0.25) is 0 Å². The molecule has 1 aliphatic carbocycles. The molecule has 4 heterocycles. The maximum Gasteiger partial charge on any atom is 0.122 e. The van der Waals surface area contributed by atoms with Gasteiger partial charge in [-0.25, -0.2) is 0 Å². The Bertz CT molecular complexity index is 1210. The highest BCUT2D eigenvalue weighted by atomic mass is 35.5. The molecule has 3 atom stereocenters. The van der Waals surface area contributed by atoms with Gasteiger partial charge in [0.1, 0.15) is 12.4 Å². The summed E-state index contributed by atoms with van der Waals surface area (Å²) < 4.78 is 6.26. The van der Waals surface area contributed by atoms with Gasteiger partial charge in [0.15, 0.2) is 0 Å². The minimum absolute atomic E-state index is 0.0706. The number of hydrogen-bond donors (Lipinski definition) is 2. The predicted octanol–water partition coefficient (Wildman–Crippen LogP) is 5.09. The second kappa shape index (κ2) is 10.1. The molecule has 5 nitrogen and oxygen atoms in total.